The van der Waals surface area contributed by atoms with Crippen LogP contribution >= 0.6 is 22.9 Å². The molecular formula is C25H20ClN3O2S. The van der Waals surface area contributed by atoms with Gasteiger partial charge in [0.15, 0.2) is 0 Å². The number of halogens is 1. The van der Waals surface area contributed by atoms with Gasteiger partial charge in [-0.05, 0) is 48.4 Å². The summed E-state index contributed by atoms with van der Waals surface area (Å²) in [5, 5.41) is 6.78. The summed E-state index contributed by atoms with van der Waals surface area (Å²) in [5.41, 5.74) is 3.55. The molecule has 0 spiro atoms. The van der Waals surface area contributed by atoms with E-state index in [4.69, 9.17) is 16.3 Å². The predicted molar refractivity (Wildman–Crippen MR) is 133 cm³/mol. The molecule has 7 heteroatoms. The molecule has 32 heavy (non-hydrogen) atoms. The molecule has 160 valence electrons. The average Bonchev–Trinajstić information content (AvgIpc) is 3.22. The lowest BCUT2D eigenvalue weighted by Gasteiger charge is -2.11. The van der Waals surface area contributed by atoms with Crippen LogP contribution in [0.5, 0.6) is 5.75 Å². The van der Waals surface area contributed by atoms with Gasteiger partial charge in [0.05, 0.1) is 23.5 Å². The van der Waals surface area contributed by atoms with Gasteiger partial charge in [-0.2, -0.15) is 10.1 Å². The Morgan fingerprint density at radius 1 is 1.12 bits per heavy atom. The van der Waals surface area contributed by atoms with E-state index in [0.717, 1.165) is 32.7 Å². The van der Waals surface area contributed by atoms with E-state index in [2.05, 4.69) is 10.1 Å². The third kappa shape index (κ3) is 5.04. The van der Waals surface area contributed by atoms with Crippen LogP contribution in [0.15, 0.2) is 77.9 Å². The Balaban J connectivity index is 1.69. The molecule has 1 aromatic heterocycles. The fraction of sp³-hybridized carbons (Fsp3) is 0.0800. The number of rotatable bonds is 6. The summed E-state index contributed by atoms with van der Waals surface area (Å²) in [4.78, 5) is 17.7. The number of amides is 1. The minimum Gasteiger partial charge on any atom is -0.497 e. The van der Waals surface area contributed by atoms with Crippen molar-refractivity contribution in [1.29, 1.82) is 0 Å². The summed E-state index contributed by atoms with van der Waals surface area (Å²) >= 11 is 7.58. The van der Waals surface area contributed by atoms with Crippen molar-refractivity contribution < 1.29 is 9.53 Å². The summed E-state index contributed by atoms with van der Waals surface area (Å²) in [6.07, 6.45) is 4.77. The zero-order chi connectivity index (χ0) is 22.5. The fourth-order valence-corrected chi connectivity index (χ4v) is 4.09. The number of carbonyl (C=O) groups excluding carboxylic acids is 1. The Bertz CT molecular complexity index is 1310. The van der Waals surface area contributed by atoms with E-state index in [1.807, 2.05) is 67.6 Å². The number of hydrogen-bond acceptors (Lipinski definition) is 5. The lowest BCUT2D eigenvalue weighted by molar-refractivity contribution is -0.114. The van der Waals surface area contributed by atoms with E-state index in [1.54, 1.807) is 25.5 Å². The molecule has 0 saturated carbocycles. The van der Waals surface area contributed by atoms with Crippen LogP contribution in [-0.4, -0.2) is 24.2 Å². The maximum absolute atomic E-state index is 13.1. The van der Waals surface area contributed by atoms with Gasteiger partial charge in [-0.3, -0.25) is 4.79 Å². The number of hydrogen-bond donors (Lipinski definition) is 0. The SMILES string of the molecule is COc1ccc2nc(N(/N=C/c3ccc(C)cc3)C(=O)/C=C/c3ccccc3Cl)sc2c1. The molecule has 0 fully saturated rings. The third-order valence-corrected chi connectivity index (χ3v) is 6.02. The van der Waals surface area contributed by atoms with Crippen molar-refractivity contribution in [3.05, 3.63) is 94.5 Å². The Hall–Kier alpha value is -3.48. The van der Waals surface area contributed by atoms with Crippen LogP contribution in [0.2, 0.25) is 5.02 Å². The van der Waals surface area contributed by atoms with Crippen molar-refractivity contribution in [3.8, 4) is 5.75 Å². The van der Waals surface area contributed by atoms with Gasteiger partial charge in [-0.15, -0.1) is 0 Å². The molecule has 5 nitrogen and oxygen atoms in total. The number of aryl methyl sites for hydroxylation is 1. The summed E-state index contributed by atoms with van der Waals surface area (Å²) in [6.45, 7) is 2.02. The number of thiazole rings is 1. The summed E-state index contributed by atoms with van der Waals surface area (Å²) < 4.78 is 6.20. The number of ether oxygens (including phenoxy) is 1. The second kappa shape index (κ2) is 9.77. The molecule has 3 aromatic carbocycles. The molecule has 0 bridgehead atoms. The maximum atomic E-state index is 13.1. The molecule has 1 amide bonds. The highest BCUT2D eigenvalue weighted by molar-refractivity contribution is 7.22. The molecule has 0 radical (unpaired) electrons. The van der Waals surface area contributed by atoms with E-state index in [9.17, 15) is 4.79 Å². The number of benzene rings is 3. The van der Waals surface area contributed by atoms with E-state index >= 15 is 0 Å². The number of fused-ring (bicyclic) bond motifs is 1. The Morgan fingerprint density at radius 2 is 1.91 bits per heavy atom. The topological polar surface area (TPSA) is 54.8 Å². The quantitative estimate of drug-likeness (QED) is 0.191. The molecule has 0 unspecified atom stereocenters. The van der Waals surface area contributed by atoms with E-state index in [0.29, 0.717) is 10.2 Å². The molecule has 0 aliphatic heterocycles. The summed E-state index contributed by atoms with van der Waals surface area (Å²) in [6, 6.07) is 20.8. The zero-order valence-electron chi connectivity index (χ0n) is 17.5. The van der Waals surface area contributed by atoms with Crippen LogP contribution < -0.4 is 9.75 Å². The van der Waals surface area contributed by atoms with Gasteiger partial charge in [0, 0.05) is 11.1 Å². The van der Waals surface area contributed by atoms with Gasteiger partial charge in [0.2, 0.25) is 5.13 Å². The highest BCUT2D eigenvalue weighted by atomic mass is 35.5. The molecule has 4 aromatic rings. The van der Waals surface area contributed by atoms with Gasteiger partial charge >= 0.3 is 0 Å². The Morgan fingerprint density at radius 3 is 2.66 bits per heavy atom. The second-order valence-electron chi connectivity index (χ2n) is 6.99. The number of anilines is 1. The standard InChI is InChI=1S/C25H20ClN3O2S/c1-17-7-9-18(10-8-17)16-27-29(24(30)14-11-19-5-3-4-6-21(19)26)25-28-22-13-12-20(31-2)15-23(22)32-25/h3-16H,1-2H3/b14-11+,27-16+. The van der Waals surface area contributed by atoms with Crippen molar-refractivity contribution in [3.63, 3.8) is 0 Å². The molecule has 1 heterocycles. The lowest BCUT2D eigenvalue weighted by atomic mass is 10.2. The Kier molecular flexibility index (Phi) is 6.63. The molecule has 4 rings (SSSR count). The van der Waals surface area contributed by atoms with Crippen LogP contribution in [0.3, 0.4) is 0 Å². The van der Waals surface area contributed by atoms with Crippen LogP contribution in [0, 0.1) is 6.92 Å². The van der Waals surface area contributed by atoms with Crippen molar-refractivity contribution in [2.24, 2.45) is 5.10 Å². The van der Waals surface area contributed by atoms with Crippen molar-refractivity contribution >= 4 is 56.5 Å². The van der Waals surface area contributed by atoms with Crippen molar-refractivity contribution in [2.45, 2.75) is 6.92 Å². The smallest absolute Gasteiger partial charge is 0.273 e. The van der Waals surface area contributed by atoms with Gasteiger partial charge in [0.25, 0.3) is 5.91 Å². The van der Waals surface area contributed by atoms with Crippen molar-refractivity contribution in [2.75, 3.05) is 12.1 Å². The number of carbonyl (C=O) groups is 1. The zero-order valence-corrected chi connectivity index (χ0v) is 19.1. The fourth-order valence-electron chi connectivity index (χ4n) is 2.93. The second-order valence-corrected chi connectivity index (χ2v) is 8.41. The van der Waals surface area contributed by atoms with E-state index in [-0.39, 0.29) is 5.91 Å². The normalized spacial score (nSPS) is 11.5. The van der Waals surface area contributed by atoms with E-state index < -0.39 is 0 Å². The molecule has 0 aliphatic rings. The van der Waals surface area contributed by atoms with Crippen molar-refractivity contribution in [1.82, 2.24) is 4.98 Å². The molecular weight excluding hydrogens is 442 g/mol. The molecule has 0 aliphatic carbocycles. The first-order valence-electron chi connectivity index (χ1n) is 9.85. The highest BCUT2D eigenvalue weighted by Crippen LogP contribution is 2.32. The van der Waals surface area contributed by atoms with Crippen LogP contribution in [-0.2, 0) is 4.79 Å². The number of hydrazone groups is 1. The molecule has 0 N–H and O–H groups in total. The van der Waals surface area contributed by atoms with Crippen LogP contribution in [0.4, 0.5) is 5.13 Å². The van der Waals surface area contributed by atoms with E-state index in [1.165, 1.54) is 22.4 Å². The minimum atomic E-state index is -0.334. The first-order chi connectivity index (χ1) is 15.5. The third-order valence-electron chi connectivity index (χ3n) is 4.68. The highest BCUT2D eigenvalue weighted by Gasteiger charge is 2.17. The van der Waals surface area contributed by atoms with Crippen LogP contribution in [0.1, 0.15) is 16.7 Å². The first kappa shape index (κ1) is 21.7. The van der Waals surface area contributed by atoms with Gasteiger partial charge < -0.3 is 4.74 Å². The monoisotopic (exact) mass is 461 g/mol. The number of aromatic nitrogens is 1. The predicted octanol–water partition coefficient (Wildman–Crippen LogP) is 6.35. The summed E-state index contributed by atoms with van der Waals surface area (Å²) in [7, 11) is 1.62. The average molecular weight is 462 g/mol. The van der Waals surface area contributed by atoms with Gasteiger partial charge in [-0.1, -0.05) is 71.0 Å². The number of methoxy groups -OCH3 is 1. The Labute approximate surface area is 195 Å². The maximum Gasteiger partial charge on any atom is 0.273 e. The minimum absolute atomic E-state index is 0.334. The summed E-state index contributed by atoms with van der Waals surface area (Å²) in [5.74, 6) is 0.395. The van der Waals surface area contributed by atoms with Gasteiger partial charge in [0.1, 0.15) is 5.75 Å². The first-order valence-corrected chi connectivity index (χ1v) is 11.0. The van der Waals surface area contributed by atoms with Gasteiger partial charge in [-0.25, -0.2) is 4.98 Å². The largest absolute Gasteiger partial charge is 0.497 e. The molecule has 0 saturated heterocycles. The number of nitrogens with zero attached hydrogens (tertiary/aromatic N) is 3. The van der Waals surface area contributed by atoms with Crippen LogP contribution in [0.25, 0.3) is 16.3 Å². The lowest BCUT2D eigenvalue weighted by Crippen LogP contribution is -2.23. The molecule has 0 atom stereocenters.